The van der Waals surface area contributed by atoms with Gasteiger partial charge in [-0.2, -0.15) is 0 Å². The number of hydrogen-bond acceptors (Lipinski definition) is 3. The summed E-state index contributed by atoms with van der Waals surface area (Å²) in [6.07, 6.45) is 1.70. The van der Waals surface area contributed by atoms with Crippen LogP contribution in [0.2, 0.25) is 10.0 Å². The number of hydrogen-bond donors (Lipinski definition) is 0. The maximum Gasteiger partial charge on any atom is 0.231 e. The Morgan fingerprint density at radius 2 is 1.56 bits per heavy atom. The van der Waals surface area contributed by atoms with Crippen LogP contribution in [-0.4, -0.2) is 5.78 Å². The van der Waals surface area contributed by atoms with Crippen molar-refractivity contribution in [1.82, 2.24) is 0 Å². The number of carbonyl (C=O) groups excluding carboxylic acids is 1. The Balaban J connectivity index is 1.50. The van der Waals surface area contributed by atoms with Crippen LogP contribution >= 0.6 is 23.2 Å². The van der Waals surface area contributed by atoms with Crippen LogP contribution in [0.5, 0.6) is 11.5 Å². The molecule has 0 radical (unpaired) electrons. The first-order valence-corrected chi connectivity index (χ1v) is 9.05. The van der Waals surface area contributed by atoms with E-state index >= 15 is 0 Å². The summed E-state index contributed by atoms with van der Waals surface area (Å²) in [6.45, 7) is 0.400. The van der Waals surface area contributed by atoms with E-state index in [9.17, 15) is 4.79 Å². The van der Waals surface area contributed by atoms with Crippen LogP contribution in [-0.2, 0) is 6.61 Å². The van der Waals surface area contributed by atoms with E-state index in [1.165, 1.54) is 0 Å². The van der Waals surface area contributed by atoms with Crippen molar-refractivity contribution in [3.63, 3.8) is 0 Å². The molecule has 0 amide bonds. The minimum atomic E-state index is -0.149. The van der Waals surface area contributed by atoms with Crippen molar-refractivity contribution >= 4 is 35.1 Å². The van der Waals surface area contributed by atoms with Crippen LogP contribution in [0, 0.1) is 0 Å². The average molecular weight is 397 g/mol. The van der Waals surface area contributed by atoms with Gasteiger partial charge in [0.25, 0.3) is 0 Å². The van der Waals surface area contributed by atoms with E-state index in [0.717, 1.165) is 11.1 Å². The highest BCUT2D eigenvalue weighted by Gasteiger charge is 2.27. The van der Waals surface area contributed by atoms with Crippen LogP contribution in [0.3, 0.4) is 0 Å². The molecule has 0 aromatic heterocycles. The summed E-state index contributed by atoms with van der Waals surface area (Å²) < 4.78 is 11.5. The van der Waals surface area contributed by atoms with E-state index in [0.29, 0.717) is 33.7 Å². The minimum Gasteiger partial charge on any atom is -0.489 e. The standard InChI is InChI=1S/C22H14Cl2O3/c23-16-5-1-14(2-6-16)11-21-22(25)19-10-9-18(12-20(19)27-21)26-13-15-3-7-17(24)8-4-15/h1-12H,13H2. The van der Waals surface area contributed by atoms with Crippen molar-refractivity contribution in [2.24, 2.45) is 0 Å². The third kappa shape index (κ3) is 4.00. The molecule has 0 spiro atoms. The third-order valence-electron chi connectivity index (χ3n) is 4.13. The van der Waals surface area contributed by atoms with Crippen LogP contribution in [0.4, 0.5) is 0 Å². The summed E-state index contributed by atoms with van der Waals surface area (Å²) >= 11 is 11.8. The smallest absolute Gasteiger partial charge is 0.231 e. The fraction of sp³-hybridized carbons (Fsp3) is 0.0455. The second-order valence-electron chi connectivity index (χ2n) is 6.06. The van der Waals surface area contributed by atoms with Crippen LogP contribution in [0.25, 0.3) is 6.08 Å². The van der Waals surface area contributed by atoms with E-state index in [2.05, 4.69) is 0 Å². The highest BCUT2D eigenvalue weighted by molar-refractivity contribution is 6.30. The molecule has 0 aliphatic carbocycles. The number of ketones is 1. The summed E-state index contributed by atoms with van der Waals surface area (Å²) in [5.41, 5.74) is 2.36. The van der Waals surface area contributed by atoms with Crippen LogP contribution in [0.15, 0.2) is 72.5 Å². The fourth-order valence-electron chi connectivity index (χ4n) is 2.71. The summed E-state index contributed by atoms with van der Waals surface area (Å²) in [4.78, 5) is 12.5. The Kier molecular flexibility index (Phi) is 4.88. The number of Topliss-reactive ketones (excluding diaryl/α,β-unsaturated/α-hetero) is 1. The number of benzene rings is 3. The van der Waals surface area contributed by atoms with Gasteiger partial charge in [0, 0.05) is 16.1 Å². The highest BCUT2D eigenvalue weighted by Crippen LogP contribution is 2.35. The van der Waals surface area contributed by atoms with Crippen molar-refractivity contribution in [2.75, 3.05) is 0 Å². The van der Waals surface area contributed by atoms with Gasteiger partial charge in [0.05, 0.1) is 5.56 Å². The van der Waals surface area contributed by atoms with E-state index < -0.39 is 0 Å². The van der Waals surface area contributed by atoms with E-state index in [1.807, 2.05) is 36.4 Å². The molecule has 134 valence electrons. The fourth-order valence-corrected chi connectivity index (χ4v) is 2.97. The summed E-state index contributed by atoms with van der Waals surface area (Å²) in [5.74, 6) is 1.25. The molecule has 0 fully saturated rings. The number of carbonyl (C=O) groups is 1. The van der Waals surface area contributed by atoms with Crippen molar-refractivity contribution < 1.29 is 14.3 Å². The molecular weight excluding hydrogens is 383 g/mol. The Morgan fingerprint density at radius 1 is 0.889 bits per heavy atom. The average Bonchev–Trinajstić information content (AvgIpc) is 2.98. The molecule has 3 nitrogen and oxygen atoms in total. The summed E-state index contributed by atoms with van der Waals surface area (Å²) in [5, 5.41) is 1.32. The van der Waals surface area contributed by atoms with Gasteiger partial charge in [-0.05, 0) is 53.6 Å². The second-order valence-corrected chi connectivity index (χ2v) is 6.94. The molecule has 0 N–H and O–H groups in total. The lowest BCUT2D eigenvalue weighted by atomic mass is 10.1. The Labute approximate surface area is 166 Å². The van der Waals surface area contributed by atoms with Gasteiger partial charge in [0.15, 0.2) is 5.76 Å². The van der Waals surface area contributed by atoms with Gasteiger partial charge in [-0.25, -0.2) is 0 Å². The second kappa shape index (κ2) is 7.47. The summed E-state index contributed by atoms with van der Waals surface area (Å²) in [7, 11) is 0. The monoisotopic (exact) mass is 396 g/mol. The molecule has 4 rings (SSSR count). The molecular formula is C22H14Cl2O3. The van der Waals surface area contributed by atoms with Gasteiger partial charge in [0.2, 0.25) is 5.78 Å². The molecule has 27 heavy (non-hydrogen) atoms. The van der Waals surface area contributed by atoms with Gasteiger partial charge in [-0.1, -0.05) is 47.5 Å². The molecule has 0 atom stereocenters. The topological polar surface area (TPSA) is 35.5 Å². The first kappa shape index (κ1) is 17.7. The van der Waals surface area contributed by atoms with Crippen LogP contribution in [0.1, 0.15) is 21.5 Å². The first-order valence-electron chi connectivity index (χ1n) is 8.29. The molecule has 1 aliphatic rings. The third-order valence-corrected chi connectivity index (χ3v) is 4.63. The largest absolute Gasteiger partial charge is 0.489 e. The first-order chi connectivity index (χ1) is 13.1. The molecule has 3 aromatic carbocycles. The predicted octanol–water partition coefficient (Wildman–Crippen LogP) is 6.19. The molecule has 0 saturated heterocycles. The molecule has 5 heteroatoms. The van der Waals surface area contributed by atoms with Gasteiger partial charge < -0.3 is 9.47 Å². The van der Waals surface area contributed by atoms with Crippen molar-refractivity contribution in [1.29, 1.82) is 0 Å². The van der Waals surface area contributed by atoms with Crippen molar-refractivity contribution in [3.05, 3.63) is 99.2 Å². The van der Waals surface area contributed by atoms with Gasteiger partial charge in [0.1, 0.15) is 18.1 Å². The zero-order valence-corrected chi connectivity index (χ0v) is 15.6. The Hall–Kier alpha value is -2.75. The van der Waals surface area contributed by atoms with Gasteiger partial charge in [-0.15, -0.1) is 0 Å². The van der Waals surface area contributed by atoms with Crippen LogP contribution < -0.4 is 9.47 Å². The lowest BCUT2D eigenvalue weighted by Gasteiger charge is -2.07. The Morgan fingerprint density at radius 3 is 2.26 bits per heavy atom. The predicted molar refractivity (Wildman–Crippen MR) is 107 cm³/mol. The molecule has 3 aromatic rings. The number of ether oxygens (including phenoxy) is 2. The van der Waals surface area contributed by atoms with Crippen molar-refractivity contribution in [2.45, 2.75) is 6.61 Å². The van der Waals surface area contributed by atoms with E-state index in [1.54, 1.807) is 36.4 Å². The Bertz CT molecular complexity index is 1020. The number of fused-ring (bicyclic) bond motifs is 1. The number of rotatable bonds is 4. The van der Waals surface area contributed by atoms with Gasteiger partial charge in [-0.3, -0.25) is 4.79 Å². The number of halogens is 2. The maximum absolute atomic E-state index is 12.5. The zero-order chi connectivity index (χ0) is 18.8. The minimum absolute atomic E-state index is 0.149. The lowest BCUT2D eigenvalue weighted by molar-refractivity contribution is 0.101. The van der Waals surface area contributed by atoms with Crippen molar-refractivity contribution in [3.8, 4) is 11.5 Å². The lowest BCUT2D eigenvalue weighted by Crippen LogP contribution is -1.98. The maximum atomic E-state index is 12.5. The SMILES string of the molecule is O=C1C(=Cc2ccc(Cl)cc2)Oc2cc(OCc3ccc(Cl)cc3)ccc21. The van der Waals surface area contributed by atoms with Gasteiger partial charge >= 0.3 is 0 Å². The molecule has 0 unspecified atom stereocenters. The van der Waals surface area contributed by atoms with E-state index in [-0.39, 0.29) is 11.5 Å². The summed E-state index contributed by atoms with van der Waals surface area (Å²) in [6, 6.07) is 19.9. The quantitative estimate of drug-likeness (QED) is 0.493. The number of allylic oxidation sites excluding steroid dienone is 1. The normalized spacial score (nSPS) is 14.1. The highest BCUT2D eigenvalue weighted by atomic mass is 35.5. The molecule has 1 heterocycles. The molecule has 0 saturated carbocycles. The molecule has 0 bridgehead atoms. The molecule has 1 aliphatic heterocycles. The van der Waals surface area contributed by atoms with E-state index in [4.69, 9.17) is 32.7 Å². The zero-order valence-electron chi connectivity index (χ0n) is 14.1.